The Morgan fingerprint density at radius 1 is 0.843 bits per heavy atom. The summed E-state index contributed by atoms with van der Waals surface area (Å²) >= 11 is 0. The lowest BCUT2D eigenvalue weighted by molar-refractivity contribution is -0.282. The van der Waals surface area contributed by atoms with E-state index in [0.717, 1.165) is 43.7 Å². The number of aromatic hydroxyl groups is 1. The molecule has 2 aromatic rings. The molecular weight excluding hydrogens is 644 g/mol. The van der Waals surface area contributed by atoms with E-state index in [4.69, 9.17) is 14.0 Å². The maximum atomic E-state index is 14.1. The molecule has 0 radical (unpaired) electrons. The van der Waals surface area contributed by atoms with E-state index in [2.05, 4.69) is 26.8 Å². The highest BCUT2D eigenvalue weighted by Gasteiger charge is 2.32. The number of hydrogen-bond donors (Lipinski definition) is 2. The third-order valence-electron chi connectivity index (χ3n) is 9.84. The number of phenols is 1. The Kier molecular flexibility index (Phi) is 20.8. The number of benzene rings is 1. The van der Waals surface area contributed by atoms with Crippen LogP contribution in [0.15, 0.2) is 38.6 Å². The summed E-state index contributed by atoms with van der Waals surface area (Å²) in [4.78, 5) is 45.1. The maximum absolute atomic E-state index is 14.1. The van der Waals surface area contributed by atoms with E-state index in [-0.39, 0.29) is 64.2 Å². The Morgan fingerprint density at radius 2 is 1.43 bits per heavy atom. The zero-order valence-electron chi connectivity index (χ0n) is 32.7. The van der Waals surface area contributed by atoms with Crippen LogP contribution in [0.3, 0.4) is 0 Å². The summed E-state index contributed by atoms with van der Waals surface area (Å²) in [5, 5.41) is 21.7. The maximum Gasteiger partial charge on any atom is 0.336 e. The highest BCUT2D eigenvalue weighted by molar-refractivity contribution is 6.12. The van der Waals surface area contributed by atoms with E-state index in [0.29, 0.717) is 12.8 Å². The van der Waals surface area contributed by atoms with Crippen LogP contribution in [-0.4, -0.2) is 22.1 Å². The van der Waals surface area contributed by atoms with Crippen LogP contribution in [0.5, 0.6) is 11.5 Å². The largest absolute Gasteiger partial charge is 0.507 e. The van der Waals surface area contributed by atoms with Gasteiger partial charge in [-0.05, 0) is 59.3 Å². The van der Waals surface area contributed by atoms with Crippen LogP contribution in [0.25, 0.3) is 11.0 Å². The lowest BCUT2D eigenvalue weighted by Crippen LogP contribution is -2.19. The Hall–Kier alpha value is -3.23. The van der Waals surface area contributed by atoms with Crippen molar-refractivity contribution in [3.63, 3.8) is 0 Å². The molecule has 2 rings (SSSR count). The number of Topliss-reactive ketones (excluding diaryl/α,β-unsaturated/α-hetero) is 1. The molecule has 2 atom stereocenters. The van der Waals surface area contributed by atoms with E-state index in [1.165, 1.54) is 63.4 Å². The van der Waals surface area contributed by atoms with Crippen LogP contribution < -0.4 is 10.4 Å². The van der Waals surface area contributed by atoms with Crippen LogP contribution in [0.2, 0.25) is 0 Å². The minimum absolute atomic E-state index is 0.0480. The zero-order chi connectivity index (χ0) is 37.8. The number of ketones is 1. The molecule has 0 saturated carbocycles. The molecule has 51 heavy (non-hydrogen) atoms. The number of esters is 1. The van der Waals surface area contributed by atoms with Crippen molar-refractivity contribution < 1.29 is 34.0 Å². The summed E-state index contributed by atoms with van der Waals surface area (Å²) in [5.41, 5.74) is 1.73. The van der Waals surface area contributed by atoms with Gasteiger partial charge in [-0.25, -0.2) is 9.68 Å². The quantitative estimate of drug-likeness (QED) is 0.0144. The van der Waals surface area contributed by atoms with E-state index < -0.39 is 23.6 Å². The van der Waals surface area contributed by atoms with Crippen LogP contribution in [0.4, 0.5) is 0 Å². The third kappa shape index (κ3) is 14.4. The van der Waals surface area contributed by atoms with Gasteiger partial charge in [-0.15, -0.1) is 0 Å². The van der Waals surface area contributed by atoms with Crippen molar-refractivity contribution in [2.75, 3.05) is 0 Å². The summed E-state index contributed by atoms with van der Waals surface area (Å²) in [5.74, 6) is -1.72. The summed E-state index contributed by atoms with van der Waals surface area (Å²) in [6.45, 7) is 13.7. The predicted octanol–water partition coefficient (Wildman–Crippen LogP) is 12.3. The van der Waals surface area contributed by atoms with Gasteiger partial charge in [-0.3, -0.25) is 14.8 Å². The topological polar surface area (TPSA) is 123 Å². The number of fused-ring (bicyclic) bond motifs is 1. The summed E-state index contributed by atoms with van der Waals surface area (Å²) in [6.07, 6.45) is 21.3. The van der Waals surface area contributed by atoms with E-state index >= 15 is 0 Å². The minimum atomic E-state index is -0.966. The molecule has 8 heteroatoms. The fraction of sp³-hybridized carbons (Fsp3) is 0.651. The first kappa shape index (κ1) is 43.9. The molecule has 0 spiro atoms. The van der Waals surface area contributed by atoms with Crippen molar-refractivity contribution in [1.29, 1.82) is 0 Å². The van der Waals surface area contributed by atoms with Gasteiger partial charge in [0.15, 0.2) is 17.1 Å². The lowest BCUT2D eigenvalue weighted by Gasteiger charge is -2.22. The highest BCUT2D eigenvalue weighted by Crippen LogP contribution is 2.45. The first-order valence-corrected chi connectivity index (χ1v) is 19.7. The third-order valence-corrected chi connectivity index (χ3v) is 9.84. The summed E-state index contributed by atoms with van der Waals surface area (Å²) in [7, 11) is 0. The summed E-state index contributed by atoms with van der Waals surface area (Å²) < 4.78 is 11.7. The first-order valence-electron chi connectivity index (χ1n) is 19.7. The van der Waals surface area contributed by atoms with Gasteiger partial charge in [0.1, 0.15) is 17.4 Å². The molecule has 0 amide bonds. The molecule has 0 fully saturated rings. The molecule has 1 heterocycles. The Bertz CT molecular complexity index is 1490. The molecule has 1 aromatic heterocycles. The number of allylic oxidation sites excluding steroid dienone is 4. The zero-order valence-corrected chi connectivity index (χ0v) is 32.7. The van der Waals surface area contributed by atoms with Gasteiger partial charge in [0, 0.05) is 29.5 Å². The highest BCUT2D eigenvalue weighted by atomic mass is 17.1. The van der Waals surface area contributed by atoms with Gasteiger partial charge < -0.3 is 14.3 Å². The molecule has 1 aromatic carbocycles. The molecule has 0 aliphatic carbocycles. The van der Waals surface area contributed by atoms with Gasteiger partial charge in [0.25, 0.3) is 0 Å². The van der Waals surface area contributed by atoms with Gasteiger partial charge >= 0.3 is 11.6 Å². The smallest absolute Gasteiger partial charge is 0.336 e. The second-order valence-electron chi connectivity index (χ2n) is 14.5. The number of rotatable bonds is 26. The predicted molar refractivity (Wildman–Crippen MR) is 207 cm³/mol. The second-order valence-corrected chi connectivity index (χ2v) is 14.5. The van der Waals surface area contributed by atoms with Crippen molar-refractivity contribution in [2.45, 2.75) is 177 Å². The fourth-order valence-corrected chi connectivity index (χ4v) is 6.43. The van der Waals surface area contributed by atoms with Gasteiger partial charge in [-0.2, -0.15) is 0 Å². The number of carbonyl (C=O) groups is 2. The average molecular weight is 711 g/mol. The molecule has 2 unspecified atom stereocenters. The van der Waals surface area contributed by atoms with Gasteiger partial charge in [0.05, 0.1) is 5.39 Å². The number of hydrogen-bond acceptors (Lipinski definition) is 8. The Balaban J connectivity index is 2.40. The first-order chi connectivity index (χ1) is 24.5. The standard InChI is InChI=1S/C43H66O8/c1-8-11-12-13-14-15-16-17-18-19-20-21-22-26-36(44)49-42-33(28-27-31(6)25-23-24-30(4)5)41(47)38-34(35(10-3)51-48)29-37(45)50-43(38)39(42)40(46)32(7)9-2/h24,27,29,32,35,47-48H,8-23,25-26,28H2,1-7H3/b31-27+. The molecule has 2 N–H and O–H groups in total. The van der Waals surface area contributed by atoms with Crippen molar-refractivity contribution >= 4 is 22.7 Å². The number of phenolic OH excluding ortho intramolecular Hbond substituents is 1. The normalized spacial score (nSPS) is 13.0. The van der Waals surface area contributed by atoms with Crippen molar-refractivity contribution in [1.82, 2.24) is 0 Å². The Morgan fingerprint density at radius 3 is 1.96 bits per heavy atom. The van der Waals surface area contributed by atoms with E-state index in [9.17, 15) is 24.7 Å². The molecular formula is C43H66O8. The number of ether oxygens (including phenoxy) is 1. The fourth-order valence-electron chi connectivity index (χ4n) is 6.43. The molecule has 0 bridgehead atoms. The lowest BCUT2D eigenvalue weighted by atomic mass is 9.89. The average Bonchev–Trinajstić information content (AvgIpc) is 3.09. The Labute approximate surface area is 306 Å². The number of unbranched alkanes of at least 4 members (excludes halogenated alkanes) is 12. The SMILES string of the molecule is CCCCCCCCCCCCCCCC(=O)Oc1c(C/C=C(\C)CCC=C(C)C)c(O)c2c(C(CC)OO)cc(=O)oc2c1C(=O)C(C)CC. The number of carbonyl (C=O) groups excluding carboxylic acids is 2. The van der Waals surface area contributed by atoms with Crippen LogP contribution >= 0.6 is 0 Å². The van der Waals surface area contributed by atoms with Crippen LogP contribution in [-0.2, 0) is 16.1 Å². The van der Waals surface area contributed by atoms with Gasteiger partial charge in [-0.1, -0.05) is 128 Å². The van der Waals surface area contributed by atoms with Crippen molar-refractivity contribution in [3.05, 3.63) is 56.5 Å². The van der Waals surface area contributed by atoms with Crippen LogP contribution in [0.1, 0.15) is 192 Å². The van der Waals surface area contributed by atoms with E-state index in [1.807, 2.05) is 19.9 Å². The van der Waals surface area contributed by atoms with Crippen molar-refractivity contribution in [3.8, 4) is 11.5 Å². The molecule has 0 aliphatic heterocycles. The van der Waals surface area contributed by atoms with E-state index in [1.54, 1.807) is 13.8 Å². The van der Waals surface area contributed by atoms with Crippen molar-refractivity contribution in [2.24, 2.45) is 5.92 Å². The summed E-state index contributed by atoms with van der Waals surface area (Å²) in [6, 6.07) is 1.16. The second kappa shape index (κ2) is 24.1. The molecule has 286 valence electrons. The minimum Gasteiger partial charge on any atom is -0.507 e. The molecule has 0 saturated heterocycles. The molecule has 0 aliphatic rings. The molecule has 8 nitrogen and oxygen atoms in total. The van der Waals surface area contributed by atoms with Crippen LogP contribution in [0, 0.1) is 5.92 Å². The monoisotopic (exact) mass is 710 g/mol. The van der Waals surface area contributed by atoms with Gasteiger partial charge in [0.2, 0.25) is 0 Å².